The molecule has 1 fully saturated rings. The molecule has 1 aliphatic rings. The summed E-state index contributed by atoms with van der Waals surface area (Å²) in [5.74, 6) is -1.58. The van der Waals surface area contributed by atoms with E-state index in [1.807, 2.05) is 18.2 Å². The summed E-state index contributed by atoms with van der Waals surface area (Å²) in [6, 6.07) is 15.5. The maximum absolute atomic E-state index is 15.0. The molecule has 8 aromatic rings. The molecule has 6 heterocycles. The normalized spacial score (nSPS) is 14.6. The van der Waals surface area contributed by atoms with Crippen LogP contribution in [-0.4, -0.2) is 83.9 Å². The largest absolute Gasteiger partial charge is 0.496 e. The summed E-state index contributed by atoms with van der Waals surface area (Å²) in [5.41, 5.74) is -4.16. The molecule has 3 aromatic carbocycles. The molecule has 0 bridgehead atoms. The minimum absolute atomic E-state index is 0.0314. The number of para-hydroxylation sites is 1. The summed E-state index contributed by atoms with van der Waals surface area (Å²) >= 11 is 1.09. The van der Waals surface area contributed by atoms with E-state index in [1.165, 1.54) is 61.9 Å². The Labute approximate surface area is 425 Å². The number of ether oxygens (including phenoxy) is 4. The van der Waals surface area contributed by atoms with Crippen LogP contribution in [0.5, 0.6) is 11.5 Å². The van der Waals surface area contributed by atoms with Gasteiger partial charge in [-0.3, -0.25) is 18.7 Å². The Hall–Kier alpha value is -7.88. The third-order valence-electron chi connectivity index (χ3n) is 13.9. The molecule has 20 nitrogen and oxygen atoms in total. The zero-order valence-electron chi connectivity index (χ0n) is 41.7. The van der Waals surface area contributed by atoms with E-state index in [1.54, 1.807) is 57.4 Å². The van der Waals surface area contributed by atoms with Crippen LogP contribution in [0, 0.1) is 13.8 Å². The third-order valence-corrected chi connectivity index (χ3v) is 15.2. The van der Waals surface area contributed by atoms with E-state index in [0.29, 0.717) is 64.5 Å². The fraction of sp³-hybridized carbons (Fsp3) is 0.358. The first-order valence-corrected chi connectivity index (χ1v) is 24.6. The van der Waals surface area contributed by atoms with Crippen molar-refractivity contribution in [3.63, 3.8) is 0 Å². The second kappa shape index (κ2) is 20.2. The van der Waals surface area contributed by atoms with Crippen molar-refractivity contribution in [3.05, 3.63) is 149 Å². The van der Waals surface area contributed by atoms with Gasteiger partial charge in [0.2, 0.25) is 11.8 Å². The zero-order chi connectivity index (χ0) is 52.8. The van der Waals surface area contributed by atoms with Crippen LogP contribution in [0.15, 0.2) is 108 Å². The maximum atomic E-state index is 15.0. The average molecular weight is 1030 g/mol. The Bertz CT molecular complexity index is 3690. The molecule has 74 heavy (non-hydrogen) atoms. The number of oxazole rings is 2. The summed E-state index contributed by atoms with van der Waals surface area (Å²) in [6.45, 7) is 7.91. The lowest BCUT2D eigenvalue weighted by atomic mass is 9.90. The lowest BCUT2D eigenvalue weighted by Gasteiger charge is -2.31. The van der Waals surface area contributed by atoms with Crippen molar-refractivity contribution in [2.75, 3.05) is 27.4 Å². The predicted molar refractivity (Wildman–Crippen MR) is 273 cm³/mol. The minimum atomic E-state index is -2.19. The summed E-state index contributed by atoms with van der Waals surface area (Å²) in [4.78, 5) is 94.7. The molecule has 0 saturated carbocycles. The van der Waals surface area contributed by atoms with Gasteiger partial charge in [0.15, 0.2) is 5.54 Å². The summed E-state index contributed by atoms with van der Waals surface area (Å²) in [7, 11) is 2.96. The second-order valence-electron chi connectivity index (χ2n) is 18.9. The number of aromatic nitrogens is 6. The van der Waals surface area contributed by atoms with Crippen molar-refractivity contribution in [1.82, 2.24) is 28.2 Å². The van der Waals surface area contributed by atoms with E-state index in [4.69, 9.17) is 27.8 Å². The van der Waals surface area contributed by atoms with Crippen molar-refractivity contribution in [2.24, 2.45) is 0 Å². The van der Waals surface area contributed by atoms with Crippen molar-refractivity contribution in [3.8, 4) is 33.7 Å². The van der Waals surface area contributed by atoms with Crippen LogP contribution in [0.4, 0.5) is 0 Å². The molecule has 1 saturated heterocycles. The van der Waals surface area contributed by atoms with Gasteiger partial charge in [-0.1, -0.05) is 30.3 Å². The van der Waals surface area contributed by atoms with Gasteiger partial charge in [0.25, 0.3) is 11.1 Å². The monoisotopic (exact) mass is 1030 g/mol. The number of methoxy groups -OCH3 is 2. The van der Waals surface area contributed by atoms with Crippen molar-refractivity contribution in [2.45, 2.75) is 96.7 Å². The number of hydrogen-bond donors (Lipinski definition) is 2. The third kappa shape index (κ3) is 9.04. The molecule has 0 spiro atoms. The molecule has 2 N–H and O–H groups in total. The zero-order valence-corrected chi connectivity index (χ0v) is 42.5. The Morgan fingerprint density at radius 3 is 2.15 bits per heavy atom. The van der Waals surface area contributed by atoms with Crippen LogP contribution in [0.1, 0.15) is 67.5 Å². The van der Waals surface area contributed by atoms with Crippen LogP contribution in [0.25, 0.3) is 43.3 Å². The molecule has 9 rings (SSSR count). The highest BCUT2D eigenvalue weighted by Gasteiger charge is 2.41. The first-order chi connectivity index (χ1) is 35.4. The lowest BCUT2D eigenvalue weighted by Crippen LogP contribution is -2.55. The van der Waals surface area contributed by atoms with Gasteiger partial charge in [-0.05, 0) is 100 Å². The van der Waals surface area contributed by atoms with Gasteiger partial charge in [0.05, 0.1) is 60.4 Å². The summed E-state index contributed by atoms with van der Waals surface area (Å²) < 4.78 is 39.5. The molecular weight excluding hydrogens is 977 g/mol. The van der Waals surface area contributed by atoms with Crippen LogP contribution in [0.2, 0.25) is 0 Å². The minimum Gasteiger partial charge on any atom is -0.496 e. The van der Waals surface area contributed by atoms with Gasteiger partial charge in [-0.25, -0.2) is 38.3 Å². The number of nitrogens with zero attached hydrogens (tertiary/aromatic N) is 6. The number of aliphatic carboxylic acids is 2. The average Bonchev–Trinajstić information content (AvgIpc) is 4.19. The molecule has 0 radical (unpaired) electrons. The number of carboxylic acids is 2. The number of hydrogen-bond acceptors (Lipinski definition) is 15. The highest BCUT2D eigenvalue weighted by Crippen LogP contribution is 2.39. The number of benzene rings is 3. The summed E-state index contributed by atoms with van der Waals surface area (Å²) in [5, 5.41) is 21.7. The molecule has 0 aliphatic carbocycles. The fourth-order valence-electron chi connectivity index (χ4n) is 9.74. The second-order valence-corrected chi connectivity index (χ2v) is 19.9. The molecule has 2 atom stereocenters. The molecule has 1 unspecified atom stereocenters. The van der Waals surface area contributed by atoms with E-state index in [9.17, 15) is 34.2 Å². The standard InChI is InChI=1S/C53H54N6O14S/c1-29-24-36-37(26-35(29)43-54-17-22-71-43)56(19-14-32-10-8-9-11-38(32)68-6)50(66)59(45(36)60)53(5,49(64)65)27-31-12-13-34(39(25-31)69-7)40(73-33-15-20-70-21-16-33)28-57-47-41(30(2)42(74-47)44-55-18-23-72-44)46(61)58(51(57)67)52(3,4)48(62)63/h8-13,17-18,22-26,33,40H,14-16,19-21,27-28H2,1-7H3,(H,62,63)(H,64,65)/t40-,53?/m0/s1. The molecule has 0 amide bonds. The Morgan fingerprint density at radius 1 is 0.824 bits per heavy atom. The predicted octanol–water partition coefficient (Wildman–Crippen LogP) is 6.69. The Balaban J connectivity index is 1.17. The maximum Gasteiger partial charge on any atom is 0.333 e. The van der Waals surface area contributed by atoms with Gasteiger partial charge < -0.3 is 38.0 Å². The number of fused-ring (bicyclic) bond motifs is 2. The first-order valence-electron chi connectivity index (χ1n) is 23.8. The van der Waals surface area contributed by atoms with Crippen LogP contribution in [0.3, 0.4) is 0 Å². The van der Waals surface area contributed by atoms with Gasteiger partial charge in [-0.2, -0.15) is 0 Å². The highest BCUT2D eigenvalue weighted by atomic mass is 32.1. The lowest BCUT2D eigenvalue weighted by molar-refractivity contribution is -0.147. The smallest absolute Gasteiger partial charge is 0.333 e. The van der Waals surface area contributed by atoms with Crippen molar-refractivity contribution < 1.29 is 47.6 Å². The molecular formula is C53H54N6O14S. The summed E-state index contributed by atoms with van der Waals surface area (Å²) in [6.07, 6.45) is 5.28. The number of carboxylic acid groups (broad SMARTS) is 2. The molecule has 21 heteroatoms. The fourth-order valence-corrected chi connectivity index (χ4v) is 11.0. The number of rotatable bonds is 18. The molecule has 5 aromatic heterocycles. The van der Waals surface area contributed by atoms with Gasteiger partial charge in [0, 0.05) is 37.3 Å². The Kier molecular flexibility index (Phi) is 13.9. The SMILES string of the molecule is COc1ccccc1CCn1c(=O)n(C(C)(Cc2ccc([C@H](Cn3c(=O)n(C(C)(C)C(=O)O)c(=O)c4c(C)c(-c5ncco5)sc43)OC3CCOCC3)c(OC)c2)C(=O)O)c(=O)c2cc(C)c(-c3ncco3)cc21. The number of carbonyl (C=O) groups is 2. The van der Waals surface area contributed by atoms with Crippen molar-refractivity contribution >= 4 is 44.4 Å². The topological polar surface area (TPSA) is 252 Å². The molecule has 386 valence electrons. The van der Waals surface area contributed by atoms with E-state index in [2.05, 4.69) is 9.97 Å². The van der Waals surface area contributed by atoms with E-state index in [0.717, 1.165) is 26.0 Å². The van der Waals surface area contributed by atoms with E-state index >= 15 is 4.79 Å². The van der Waals surface area contributed by atoms with Crippen molar-refractivity contribution in [1.29, 1.82) is 0 Å². The van der Waals surface area contributed by atoms with Gasteiger partial charge in [0.1, 0.15) is 40.5 Å². The highest BCUT2D eigenvalue weighted by molar-refractivity contribution is 7.22. The number of thiophene rings is 1. The quantitative estimate of drug-likeness (QED) is 0.0908. The van der Waals surface area contributed by atoms with Gasteiger partial charge >= 0.3 is 23.3 Å². The van der Waals surface area contributed by atoms with E-state index < -0.39 is 51.6 Å². The van der Waals surface area contributed by atoms with E-state index in [-0.39, 0.29) is 70.7 Å². The Morgan fingerprint density at radius 2 is 1.50 bits per heavy atom. The van der Waals surface area contributed by atoms with Gasteiger partial charge in [-0.15, -0.1) is 11.3 Å². The molecule has 1 aliphatic heterocycles. The number of aryl methyl sites for hydroxylation is 4. The first kappa shape index (κ1) is 51.0. The van der Waals surface area contributed by atoms with Crippen LogP contribution >= 0.6 is 11.3 Å². The van der Waals surface area contributed by atoms with Crippen LogP contribution in [-0.2, 0) is 56.1 Å². The van der Waals surface area contributed by atoms with Crippen LogP contribution < -0.4 is 32.0 Å².